The smallest absolute Gasteiger partial charge is 0.282 e. The Labute approximate surface area is 168 Å². The minimum atomic E-state index is -4.37. The highest BCUT2D eigenvalue weighted by molar-refractivity contribution is 7.86. The molecule has 0 saturated carbocycles. The van der Waals surface area contributed by atoms with E-state index in [1.54, 1.807) is 12.1 Å². The van der Waals surface area contributed by atoms with Crippen LogP contribution in [-0.4, -0.2) is 45.9 Å². The van der Waals surface area contributed by atoms with Gasteiger partial charge in [-0.3, -0.25) is 9.11 Å². The SMILES string of the molecule is O=S(=O)(O)c1ccc2nc3cc4nc5cc(S(=O)(=O)O)ccc5nc4cc3nc2c1. The summed E-state index contributed by atoms with van der Waals surface area (Å²) in [6, 6.07) is 11.0. The molecule has 0 saturated heterocycles. The zero-order valence-corrected chi connectivity index (χ0v) is 16.4. The van der Waals surface area contributed by atoms with E-state index < -0.39 is 20.2 Å². The minimum Gasteiger partial charge on any atom is -0.282 e. The first-order chi connectivity index (χ1) is 14.1. The standard InChI is InChI=1S/C18H10N4O6S2/c23-29(24,25)9-1-3-11-13(5-9)21-17-8-16-18(7-15(17)19-11)22-14-6-10(30(26,27)28)2-4-12(14)20-16/h1-8H,(H,23,24,25)(H,26,27,28). The van der Waals surface area contributed by atoms with Gasteiger partial charge in [0.25, 0.3) is 20.2 Å². The molecule has 0 aliphatic carbocycles. The Morgan fingerprint density at radius 1 is 0.467 bits per heavy atom. The predicted molar refractivity (Wildman–Crippen MR) is 107 cm³/mol. The zero-order valence-electron chi connectivity index (χ0n) is 14.8. The van der Waals surface area contributed by atoms with E-state index in [9.17, 15) is 25.9 Å². The van der Waals surface area contributed by atoms with Crippen LogP contribution in [0.1, 0.15) is 0 Å². The number of rotatable bonds is 2. The number of nitrogens with zero attached hydrogens (tertiary/aromatic N) is 4. The monoisotopic (exact) mass is 442 g/mol. The zero-order chi connectivity index (χ0) is 21.3. The molecule has 0 aliphatic heterocycles. The fourth-order valence-corrected chi connectivity index (χ4v) is 4.13. The van der Waals surface area contributed by atoms with E-state index in [0.29, 0.717) is 33.1 Å². The highest BCUT2D eigenvalue weighted by atomic mass is 32.2. The minimum absolute atomic E-state index is 0.281. The van der Waals surface area contributed by atoms with E-state index in [1.165, 1.54) is 36.4 Å². The van der Waals surface area contributed by atoms with Crippen LogP contribution in [0.25, 0.3) is 44.1 Å². The molecule has 0 spiro atoms. The maximum Gasteiger partial charge on any atom is 0.294 e. The molecule has 12 heteroatoms. The van der Waals surface area contributed by atoms with Crippen molar-refractivity contribution in [2.24, 2.45) is 0 Å². The van der Waals surface area contributed by atoms with Gasteiger partial charge < -0.3 is 0 Å². The second-order valence-corrected chi connectivity index (χ2v) is 9.37. The first kappa shape index (κ1) is 18.7. The lowest BCUT2D eigenvalue weighted by Gasteiger charge is -2.06. The van der Waals surface area contributed by atoms with E-state index >= 15 is 0 Å². The molecule has 3 aromatic carbocycles. The third-order valence-corrected chi connectivity index (χ3v) is 6.22. The number of fused-ring (bicyclic) bond motifs is 4. The second kappa shape index (κ2) is 6.09. The Morgan fingerprint density at radius 3 is 1.10 bits per heavy atom. The lowest BCUT2D eigenvalue weighted by atomic mass is 10.2. The molecule has 0 bridgehead atoms. The maximum absolute atomic E-state index is 11.4. The van der Waals surface area contributed by atoms with Crippen LogP contribution in [0, 0.1) is 0 Å². The van der Waals surface area contributed by atoms with Crippen LogP contribution in [0.5, 0.6) is 0 Å². The van der Waals surface area contributed by atoms with Crippen LogP contribution in [0.2, 0.25) is 0 Å². The molecular weight excluding hydrogens is 432 g/mol. The molecule has 0 amide bonds. The third kappa shape index (κ3) is 3.11. The summed E-state index contributed by atoms with van der Waals surface area (Å²) in [5.41, 5.74) is 3.19. The summed E-state index contributed by atoms with van der Waals surface area (Å²) >= 11 is 0. The molecular formula is C18H10N4O6S2. The van der Waals surface area contributed by atoms with Crippen molar-refractivity contribution in [2.45, 2.75) is 9.79 Å². The van der Waals surface area contributed by atoms with Crippen molar-refractivity contribution < 1.29 is 25.9 Å². The van der Waals surface area contributed by atoms with Crippen LogP contribution >= 0.6 is 0 Å². The predicted octanol–water partition coefficient (Wildman–Crippen LogP) is 2.37. The molecule has 2 heterocycles. The molecule has 0 atom stereocenters. The normalized spacial score (nSPS) is 12.9. The molecule has 5 rings (SSSR count). The largest absolute Gasteiger partial charge is 0.294 e. The Morgan fingerprint density at radius 2 is 0.767 bits per heavy atom. The molecule has 0 unspecified atom stereocenters. The van der Waals surface area contributed by atoms with Gasteiger partial charge in [-0.2, -0.15) is 16.8 Å². The Hall–Kier alpha value is -3.32. The molecule has 10 nitrogen and oxygen atoms in total. The molecule has 0 radical (unpaired) electrons. The summed E-state index contributed by atoms with van der Waals surface area (Å²) in [6.07, 6.45) is 0. The average Bonchev–Trinajstić information content (AvgIpc) is 2.66. The first-order valence-corrected chi connectivity index (χ1v) is 11.2. The van der Waals surface area contributed by atoms with Crippen molar-refractivity contribution in [1.29, 1.82) is 0 Å². The number of hydrogen-bond acceptors (Lipinski definition) is 8. The van der Waals surface area contributed by atoms with Gasteiger partial charge in [0.05, 0.1) is 53.9 Å². The molecule has 2 aromatic heterocycles. The third-order valence-electron chi connectivity index (χ3n) is 4.52. The van der Waals surface area contributed by atoms with E-state index in [2.05, 4.69) is 19.9 Å². The van der Waals surface area contributed by atoms with Gasteiger partial charge in [0.2, 0.25) is 0 Å². The van der Waals surface area contributed by atoms with Gasteiger partial charge in [-0.25, -0.2) is 19.9 Å². The topological polar surface area (TPSA) is 160 Å². The highest BCUT2D eigenvalue weighted by Crippen LogP contribution is 2.25. The Bertz CT molecular complexity index is 1620. The van der Waals surface area contributed by atoms with Crippen LogP contribution in [0.3, 0.4) is 0 Å². The molecule has 0 fully saturated rings. The summed E-state index contributed by atoms with van der Waals surface area (Å²) in [4.78, 5) is 17.1. The Kier molecular flexibility index (Phi) is 3.79. The molecule has 30 heavy (non-hydrogen) atoms. The van der Waals surface area contributed by atoms with E-state index in [4.69, 9.17) is 0 Å². The van der Waals surface area contributed by atoms with Crippen LogP contribution < -0.4 is 0 Å². The molecule has 2 N–H and O–H groups in total. The number of hydrogen-bond donors (Lipinski definition) is 2. The first-order valence-electron chi connectivity index (χ1n) is 8.36. The second-order valence-electron chi connectivity index (χ2n) is 6.53. The van der Waals surface area contributed by atoms with Gasteiger partial charge in [-0.1, -0.05) is 0 Å². The van der Waals surface area contributed by atoms with Crippen molar-refractivity contribution in [1.82, 2.24) is 19.9 Å². The van der Waals surface area contributed by atoms with Crippen molar-refractivity contribution in [3.05, 3.63) is 48.5 Å². The van der Waals surface area contributed by atoms with E-state index in [0.717, 1.165) is 0 Å². The van der Waals surface area contributed by atoms with Crippen LogP contribution in [0.15, 0.2) is 58.3 Å². The number of benzene rings is 3. The quantitative estimate of drug-likeness (QED) is 0.307. The van der Waals surface area contributed by atoms with E-state index in [-0.39, 0.29) is 20.8 Å². The van der Waals surface area contributed by atoms with Crippen molar-refractivity contribution in [3.63, 3.8) is 0 Å². The fraction of sp³-hybridized carbons (Fsp3) is 0. The lowest BCUT2D eigenvalue weighted by Crippen LogP contribution is -1.99. The van der Waals surface area contributed by atoms with Crippen molar-refractivity contribution in [2.75, 3.05) is 0 Å². The highest BCUT2D eigenvalue weighted by Gasteiger charge is 2.14. The Balaban J connectivity index is 1.78. The van der Waals surface area contributed by atoms with Crippen LogP contribution in [-0.2, 0) is 20.2 Å². The fourth-order valence-electron chi connectivity index (χ4n) is 3.13. The molecule has 5 aromatic rings. The van der Waals surface area contributed by atoms with E-state index in [1.807, 2.05) is 0 Å². The van der Waals surface area contributed by atoms with Crippen molar-refractivity contribution in [3.8, 4) is 0 Å². The van der Waals surface area contributed by atoms with Gasteiger partial charge in [0.1, 0.15) is 0 Å². The summed E-state index contributed by atoms with van der Waals surface area (Å²) in [5.74, 6) is 0. The van der Waals surface area contributed by atoms with Gasteiger partial charge in [-0.15, -0.1) is 0 Å². The van der Waals surface area contributed by atoms with Crippen molar-refractivity contribution >= 4 is 64.4 Å². The summed E-state index contributed by atoms with van der Waals surface area (Å²) in [6.45, 7) is 0. The maximum atomic E-state index is 11.4. The summed E-state index contributed by atoms with van der Waals surface area (Å²) in [7, 11) is -8.74. The number of aromatic nitrogens is 4. The van der Waals surface area contributed by atoms with Crippen LogP contribution in [0.4, 0.5) is 0 Å². The summed E-state index contributed by atoms with van der Waals surface area (Å²) in [5, 5.41) is 0. The van der Waals surface area contributed by atoms with Gasteiger partial charge in [-0.05, 0) is 48.5 Å². The lowest BCUT2D eigenvalue weighted by molar-refractivity contribution is 0.481. The van der Waals surface area contributed by atoms with Gasteiger partial charge in [0, 0.05) is 0 Å². The molecule has 0 aliphatic rings. The van der Waals surface area contributed by atoms with Gasteiger partial charge >= 0.3 is 0 Å². The van der Waals surface area contributed by atoms with Gasteiger partial charge in [0.15, 0.2) is 0 Å². The average molecular weight is 442 g/mol. The molecule has 150 valence electrons. The summed E-state index contributed by atoms with van der Waals surface area (Å²) < 4.78 is 63.9.